The maximum atomic E-state index is 12.5. The number of aryl methyl sites for hydroxylation is 1. The van der Waals surface area contributed by atoms with E-state index in [1.165, 1.54) is 0 Å². The molecule has 1 fully saturated rings. The fourth-order valence-electron chi connectivity index (χ4n) is 2.55. The van der Waals surface area contributed by atoms with Crippen LogP contribution in [-0.2, 0) is 11.8 Å². The average Bonchev–Trinajstić information content (AvgIpc) is 3.17. The number of hydrogen-bond donors (Lipinski definition) is 2. The van der Waals surface area contributed by atoms with Gasteiger partial charge in [0.15, 0.2) is 0 Å². The maximum absolute atomic E-state index is 12.5. The molecule has 0 bridgehead atoms. The number of rotatable bonds is 4. The SMILES string of the molecule is CNc1ccc(NC(=O)c2cn(C)nc2C2CCOC2)cn1. The van der Waals surface area contributed by atoms with Crippen LogP contribution in [0.25, 0.3) is 0 Å². The van der Waals surface area contributed by atoms with E-state index in [1.54, 1.807) is 24.1 Å². The topological polar surface area (TPSA) is 81.1 Å². The summed E-state index contributed by atoms with van der Waals surface area (Å²) in [6, 6.07) is 3.62. The molecule has 2 aromatic heterocycles. The molecule has 0 saturated carbocycles. The van der Waals surface area contributed by atoms with Gasteiger partial charge >= 0.3 is 0 Å². The van der Waals surface area contributed by atoms with E-state index in [0.717, 1.165) is 24.5 Å². The Kier molecular flexibility index (Phi) is 4.06. The van der Waals surface area contributed by atoms with Crippen molar-refractivity contribution in [2.75, 3.05) is 30.9 Å². The molecule has 0 spiro atoms. The van der Waals surface area contributed by atoms with E-state index in [9.17, 15) is 4.79 Å². The molecule has 2 aromatic rings. The van der Waals surface area contributed by atoms with Gasteiger partial charge in [0, 0.05) is 32.8 Å². The quantitative estimate of drug-likeness (QED) is 0.896. The van der Waals surface area contributed by atoms with E-state index < -0.39 is 0 Å². The molecule has 2 N–H and O–H groups in total. The highest BCUT2D eigenvalue weighted by Gasteiger charge is 2.26. The lowest BCUT2D eigenvalue weighted by Crippen LogP contribution is -2.15. The van der Waals surface area contributed by atoms with Crippen LogP contribution in [0.4, 0.5) is 11.5 Å². The first-order valence-corrected chi connectivity index (χ1v) is 7.24. The van der Waals surface area contributed by atoms with Gasteiger partial charge in [0.25, 0.3) is 5.91 Å². The summed E-state index contributed by atoms with van der Waals surface area (Å²) >= 11 is 0. The third-order valence-corrected chi connectivity index (χ3v) is 3.70. The molecule has 1 amide bonds. The van der Waals surface area contributed by atoms with Gasteiger partial charge in [0.1, 0.15) is 5.82 Å². The van der Waals surface area contributed by atoms with Crippen LogP contribution in [0, 0.1) is 0 Å². The molecular weight excluding hydrogens is 282 g/mol. The standard InChI is InChI=1S/C15H19N5O2/c1-16-13-4-3-11(7-17-13)18-15(21)12-8-20(2)19-14(12)10-5-6-22-9-10/h3-4,7-8,10H,5-6,9H2,1-2H3,(H,16,17)(H,18,21). The second-order valence-electron chi connectivity index (χ2n) is 5.30. The van der Waals surface area contributed by atoms with Crippen LogP contribution in [0.15, 0.2) is 24.5 Å². The lowest BCUT2D eigenvalue weighted by atomic mass is 10.0. The van der Waals surface area contributed by atoms with Crippen LogP contribution in [0.1, 0.15) is 28.4 Å². The first kappa shape index (κ1) is 14.5. The van der Waals surface area contributed by atoms with Crippen LogP contribution in [0.5, 0.6) is 0 Å². The van der Waals surface area contributed by atoms with E-state index in [-0.39, 0.29) is 11.8 Å². The Balaban J connectivity index is 1.79. The van der Waals surface area contributed by atoms with Crippen molar-refractivity contribution in [3.63, 3.8) is 0 Å². The molecule has 3 rings (SSSR count). The fourth-order valence-corrected chi connectivity index (χ4v) is 2.55. The number of carbonyl (C=O) groups is 1. The molecule has 7 heteroatoms. The predicted octanol–water partition coefficient (Wildman–Crippen LogP) is 1.61. The molecule has 0 radical (unpaired) electrons. The van der Waals surface area contributed by atoms with Crippen molar-refractivity contribution in [2.24, 2.45) is 7.05 Å². The van der Waals surface area contributed by atoms with Gasteiger partial charge in [-0.3, -0.25) is 9.48 Å². The Morgan fingerprint density at radius 1 is 1.45 bits per heavy atom. The Hall–Kier alpha value is -2.41. The van der Waals surface area contributed by atoms with Crippen molar-refractivity contribution >= 4 is 17.4 Å². The summed E-state index contributed by atoms with van der Waals surface area (Å²) in [6.07, 6.45) is 4.27. The monoisotopic (exact) mass is 301 g/mol. The second kappa shape index (κ2) is 6.15. The summed E-state index contributed by atoms with van der Waals surface area (Å²) in [6.45, 7) is 1.34. The van der Waals surface area contributed by atoms with Crippen molar-refractivity contribution in [2.45, 2.75) is 12.3 Å². The van der Waals surface area contributed by atoms with Crippen LogP contribution < -0.4 is 10.6 Å². The van der Waals surface area contributed by atoms with Crippen molar-refractivity contribution in [3.8, 4) is 0 Å². The molecule has 3 heterocycles. The van der Waals surface area contributed by atoms with E-state index in [2.05, 4.69) is 20.7 Å². The zero-order valence-corrected chi connectivity index (χ0v) is 12.7. The minimum absolute atomic E-state index is 0.172. The summed E-state index contributed by atoms with van der Waals surface area (Å²) < 4.78 is 7.07. The predicted molar refractivity (Wildman–Crippen MR) is 83.1 cm³/mol. The van der Waals surface area contributed by atoms with Crippen molar-refractivity contribution < 1.29 is 9.53 Å². The van der Waals surface area contributed by atoms with Crippen LogP contribution in [0.2, 0.25) is 0 Å². The fraction of sp³-hybridized carbons (Fsp3) is 0.400. The maximum Gasteiger partial charge on any atom is 0.259 e. The highest BCUT2D eigenvalue weighted by atomic mass is 16.5. The highest BCUT2D eigenvalue weighted by molar-refractivity contribution is 6.05. The molecule has 1 aliphatic rings. The first-order valence-electron chi connectivity index (χ1n) is 7.24. The smallest absolute Gasteiger partial charge is 0.259 e. The third-order valence-electron chi connectivity index (χ3n) is 3.70. The molecule has 7 nitrogen and oxygen atoms in total. The van der Waals surface area contributed by atoms with E-state index in [1.807, 2.05) is 19.2 Å². The van der Waals surface area contributed by atoms with Crippen molar-refractivity contribution in [1.29, 1.82) is 0 Å². The Morgan fingerprint density at radius 2 is 2.32 bits per heavy atom. The number of nitrogens with zero attached hydrogens (tertiary/aromatic N) is 3. The molecule has 0 aromatic carbocycles. The summed E-state index contributed by atoms with van der Waals surface area (Å²) in [4.78, 5) is 16.7. The number of pyridine rings is 1. The van der Waals surface area contributed by atoms with Gasteiger partial charge in [-0.2, -0.15) is 5.10 Å². The van der Waals surface area contributed by atoms with Crippen LogP contribution in [-0.4, -0.2) is 40.9 Å². The molecule has 1 atom stereocenters. The molecule has 22 heavy (non-hydrogen) atoms. The van der Waals surface area contributed by atoms with E-state index in [0.29, 0.717) is 17.9 Å². The van der Waals surface area contributed by atoms with Gasteiger partial charge in [0.05, 0.1) is 29.7 Å². The lowest BCUT2D eigenvalue weighted by molar-refractivity contribution is 0.102. The molecule has 1 saturated heterocycles. The Morgan fingerprint density at radius 3 is 2.95 bits per heavy atom. The number of carbonyl (C=O) groups excluding carboxylic acids is 1. The zero-order valence-electron chi connectivity index (χ0n) is 12.7. The van der Waals surface area contributed by atoms with E-state index in [4.69, 9.17) is 4.74 Å². The Bertz CT molecular complexity index is 659. The minimum atomic E-state index is -0.172. The van der Waals surface area contributed by atoms with Crippen LogP contribution in [0.3, 0.4) is 0 Å². The van der Waals surface area contributed by atoms with Crippen LogP contribution >= 0.6 is 0 Å². The molecule has 116 valence electrons. The van der Waals surface area contributed by atoms with Gasteiger partial charge in [-0.1, -0.05) is 0 Å². The van der Waals surface area contributed by atoms with Gasteiger partial charge in [-0.15, -0.1) is 0 Å². The van der Waals surface area contributed by atoms with Gasteiger partial charge in [-0.05, 0) is 18.6 Å². The number of amides is 1. The normalized spacial score (nSPS) is 17.5. The minimum Gasteiger partial charge on any atom is -0.381 e. The highest BCUT2D eigenvalue weighted by Crippen LogP contribution is 2.27. The molecule has 1 aliphatic heterocycles. The summed E-state index contributed by atoms with van der Waals surface area (Å²) in [7, 11) is 3.62. The van der Waals surface area contributed by atoms with Gasteiger partial charge < -0.3 is 15.4 Å². The average molecular weight is 301 g/mol. The van der Waals surface area contributed by atoms with Gasteiger partial charge in [-0.25, -0.2) is 4.98 Å². The second-order valence-corrected chi connectivity index (χ2v) is 5.30. The summed E-state index contributed by atoms with van der Waals surface area (Å²) in [5, 5.41) is 10.2. The molecule has 0 aliphatic carbocycles. The molecular formula is C15H19N5O2. The number of hydrogen-bond acceptors (Lipinski definition) is 5. The largest absolute Gasteiger partial charge is 0.381 e. The number of nitrogens with one attached hydrogen (secondary N) is 2. The summed E-state index contributed by atoms with van der Waals surface area (Å²) in [5.41, 5.74) is 2.05. The number of aromatic nitrogens is 3. The van der Waals surface area contributed by atoms with Crippen molar-refractivity contribution in [1.82, 2.24) is 14.8 Å². The Labute approximate surface area is 128 Å². The van der Waals surface area contributed by atoms with Crippen molar-refractivity contribution in [3.05, 3.63) is 35.8 Å². The number of anilines is 2. The zero-order chi connectivity index (χ0) is 15.5. The number of ether oxygens (including phenoxy) is 1. The van der Waals surface area contributed by atoms with Gasteiger partial charge in [0.2, 0.25) is 0 Å². The summed E-state index contributed by atoms with van der Waals surface area (Å²) in [5.74, 6) is 0.768. The third kappa shape index (κ3) is 2.94. The van der Waals surface area contributed by atoms with E-state index >= 15 is 0 Å². The molecule has 1 unspecified atom stereocenters. The first-order chi connectivity index (χ1) is 10.7. The lowest BCUT2D eigenvalue weighted by Gasteiger charge is -2.08.